The van der Waals surface area contributed by atoms with Gasteiger partial charge in [0.2, 0.25) is 0 Å². The third kappa shape index (κ3) is 7.97. The minimum absolute atomic E-state index is 0.00557. The molecule has 210 valence electrons. The molecule has 0 N–H and O–H groups in total. The van der Waals surface area contributed by atoms with Crippen molar-refractivity contribution in [3.63, 3.8) is 0 Å². The molecule has 0 bridgehead atoms. The Hall–Kier alpha value is -3.59. The van der Waals surface area contributed by atoms with Crippen molar-refractivity contribution in [1.29, 1.82) is 0 Å². The summed E-state index contributed by atoms with van der Waals surface area (Å²) in [6, 6.07) is 17.6. The molecule has 5 rings (SSSR count). The highest BCUT2D eigenvalue weighted by Gasteiger charge is 2.20. The molecule has 40 heavy (non-hydrogen) atoms. The molecule has 0 saturated carbocycles. The fourth-order valence-electron chi connectivity index (χ4n) is 5.23. The Morgan fingerprint density at radius 1 is 0.950 bits per heavy atom. The summed E-state index contributed by atoms with van der Waals surface area (Å²) in [7, 11) is 1.79. The average Bonchev–Trinajstić information content (AvgIpc) is 3.00. The van der Waals surface area contributed by atoms with Crippen LogP contribution in [-0.4, -0.2) is 69.8 Å². The fourth-order valence-corrected chi connectivity index (χ4v) is 5.23. The van der Waals surface area contributed by atoms with Crippen LogP contribution in [0, 0.1) is 0 Å². The van der Waals surface area contributed by atoms with Crippen molar-refractivity contribution in [2.45, 2.75) is 38.5 Å². The molecule has 4 aromatic rings. The minimum atomic E-state index is -0.00557. The number of ether oxygens (including phenoxy) is 2. The molecule has 0 radical (unpaired) electrons. The quantitative estimate of drug-likeness (QED) is 0.234. The third-order valence-electron chi connectivity index (χ3n) is 7.61. The Morgan fingerprint density at radius 3 is 2.60 bits per heavy atom. The summed E-state index contributed by atoms with van der Waals surface area (Å²) < 4.78 is 13.9. The Morgan fingerprint density at radius 2 is 1.80 bits per heavy atom. The van der Waals surface area contributed by atoms with Crippen molar-refractivity contribution >= 4 is 10.9 Å². The molecule has 1 aliphatic heterocycles. The predicted molar refractivity (Wildman–Crippen MR) is 157 cm³/mol. The third-order valence-corrected chi connectivity index (χ3v) is 7.61. The van der Waals surface area contributed by atoms with E-state index in [9.17, 15) is 4.79 Å². The Kier molecular flexibility index (Phi) is 9.90. The SMILES string of the molecule is Cn1c(=O)ccc2cc(OCCCN(CCN3CCC(OCc4cccnc4)CC3)Cc3ccncc3)ccc21. The van der Waals surface area contributed by atoms with E-state index in [1.54, 1.807) is 23.9 Å². The highest BCUT2D eigenvalue weighted by atomic mass is 16.5. The molecule has 0 spiro atoms. The number of nitrogens with zero attached hydrogens (tertiary/aromatic N) is 5. The number of rotatable bonds is 13. The van der Waals surface area contributed by atoms with Crippen LogP contribution in [0.25, 0.3) is 10.9 Å². The van der Waals surface area contributed by atoms with Gasteiger partial charge in [0.1, 0.15) is 5.75 Å². The van der Waals surface area contributed by atoms with Gasteiger partial charge in [-0.2, -0.15) is 0 Å². The lowest BCUT2D eigenvalue weighted by Crippen LogP contribution is -2.41. The topological polar surface area (TPSA) is 72.7 Å². The first-order valence-electron chi connectivity index (χ1n) is 14.2. The Labute approximate surface area is 236 Å². The largest absolute Gasteiger partial charge is 0.494 e. The van der Waals surface area contributed by atoms with E-state index >= 15 is 0 Å². The monoisotopic (exact) mass is 541 g/mol. The van der Waals surface area contributed by atoms with Crippen LogP contribution >= 0.6 is 0 Å². The zero-order chi connectivity index (χ0) is 27.6. The zero-order valence-electron chi connectivity index (χ0n) is 23.3. The summed E-state index contributed by atoms with van der Waals surface area (Å²) in [6.07, 6.45) is 10.8. The van der Waals surface area contributed by atoms with Gasteiger partial charge in [-0.05, 0) is 72.9 Å². The van der Waals surface area contributed by atoms with E-state index in [0.29, 0.717) is 19.3 Å². The molecule has 4 heterocycles. The number of benzene rings is 1. The highest BCUT2D eigenvalue weighted by Crippen LogP contribution is 2.20. The standard InChI is InChI=1S/C32H39N5O3/c1-35-31-7-6-30(22-28(31)5-8-32(35)38)39-21-3-16-37(24-26-9-14-33-15-10-26)20-19-36-17-11-29(12-18-36)40-25-27-4-2-13-34-23-27/h2,4-10,13-15,22-23,29H,3,11-12,16-21,24-25H2,1H3. The molecule has 0 unspecified atom stereocenters. The first kappa shape index (κ1) is 28.0. The molecule has 8 nitrogen and oxygen atoms in total. The average molecular weight is 542 g/mol. The van der Waals surface area contributed by atoms with Crippen LogP contribution in [0.15, 0.2) is 84.2 Å². The second-order valence-electron chi connectivity index (χ2n) is 10.5. The highest BCUT2D eigenvalue weighted by molar-refractivity contribution is 5.80. The van der Waals surface area contributed by atoms with Crippen LogP contribution in [0.5, 0.6) is 5.75 Å². The molecular weight excluding hydrogens is 502 g/mol. The zero-order valence-corrected chi connectivity index (χ0v) is 23.3. The normalized spacial score (nSPS) is 14.7. The molecule has 1 aliphatic rings. The van der Waals surface area contributed by atoms with E-state index in [0.717, 1.165) is 80.7 Å². The van der Waals surface area contributed by atoms with Crippen LogP contribution in [0.2, 0.25) is 0 Å². The first-order chi connectivity index (χ1) is 19.6. The van der Waals surface area contributed by atoms with Gasteiger partial charge in [-0.15, -0.1) is 0 Å². The summed E-state index contributed by atoms with van der Waals surface area (Å²) >= 11 is 0. The molecular formula is C32H39N5O3. The van der Waals surface area contributed by atoms with Gasteiger partial charge in [0.25, 0.3) is 5.56 Å². The number of fused-ring (bicyclic) bond motifs is 1. The molecule has 1 saturated heterocycles. The Balaban J connectivity index is 1.08. The molecule has 8 heteroatoms. The van der Waals surface area contributed by atoms with E-state index in [-0.39, 0.29) is 5.56 Å². The number of hydrogen-bond donors (Lipinski definition) is 0. The van der Waals surface area contributed by atoms with Gasteiger partial charge in [0.15, 0.2) is 0 Å². The Bertz CT molecular complexity index is 1390. The summed E-state index contributed by atoms with van der Waals surface area (Å²) in [5, 5.41) is 1.00. The van der Waals surface area contributed by atoms with Crippen molar-refractivity contribution in [2.24, 2.45) is 7.05 Å². The van der Waals surface area contributed by atoms with Crippen LogP contribution < -0.4 is 10.3 Å². The molecule has 1 aromatic carbocycles. The summed E-state index contributed by atoms with van der Waals surface area (Å²) in [4.78, 5) is 25.3. The van der Waals surface area contributed by atoms with Crippen LogP contribution in [0.3, 0.4) is 0 Å². The predicted octanol–water partition coefficient (Wildman–Crippen LogP) is 4.28. The molecule has 0 aliphatic carbocycles. The smallest absolute Gasteiger partial charge is 0.250 e. The maximum absolute atomic E-state index is 11.9. The van der Waals surface area contributed by atoms with Gasteiger partial charge in [-0.3, -0.25) is 19.7 Å². The first-order valence-corrected chi connectivity index (χ1v) is 14.2. The number of hydrogen-bond acceptors (Lipinski definition) is 7. The van der Waals surface area contributed by atoms with E-state index in [2.05, 4.69) is 38.0 Å². The maximum atomic E-state index is 11.9. The van der Waals surface area contributed by atoms with Gasteiger partial charge in [-0.25, -0.2) is 0 Å². The molecule has 0 atom stereocenters. The van der Waals surface area contributed by atoms with Gasteiger partial charge in [0.05, 0.1) is 24.8 Å². The molecule has 0 amide bonds. The summed E-state index contributed by atoms with van der Waals surface area (Å²) in [6.45, 7) is 7.32. The van der Waals surface area contributed by atoms with Gasteiger partial charge < -0.3 is 18.9 Å². The lowest BCUT2D eigenvalue weighted by Gasteiger charge is -2.33. The number of pyridine rings is 3. The maximum Gasteiger partial charge on any atom is 0.250 e. The van der Waals surface area contributed by atoms with Crippen molar-refractivity contribution in [3.8, 4) is 5.75 Å². The van der Waals surface area contributed by atoms with Crippen LogP contribution in [0.1, 0.15) is 30.4 Å². The second kappa shape index (κ2) is 14.2. The van der Waals surface area contributed by atoms with Crippen LogP contribution in [-0.2, 0) is 24.9 Å². The number of piperidine rings is 1. The van der Waals surface area contributed by atoms with Gasteiger partial charge in [0, 0.05) is 82.6 Å². The van der Waals surface area contributed by atoms with Crippen molar-refractivity contribution in [2.75, 3.05) is 39.3 Å². The van der Waals surface area contributed by atoms with E-state index in [1.807, 2.05) is 48.9 Å². The molecule has 3 aromatic heterocycles. The van der Waals surface area contributed by atoms with Crippen molar-refractivity contribution in [3.05, 3.63) is 101 Å². The van der Waals surface area contributed by atoms with Gasteiger partial charge in [-0.1, -0.05) is 6.07 Å². The lowest BCUT2D eigenvalue weighted by atomic mass is 10.1. The van der Waals surface area contributed by atoms with Crippen LogP contribution in [0.4, 0.5) is 0 Å². The number of aryl methyl sites for hydroxylation is 1. The lowest BCUT2D eigenvalue weighted by molar-refractivity contribution is -0.00407. The second-order valence-corrected chi connectivity index (χ2v) is 10.5. The van der Waals surface area contributed by atoms with E-state index in [1.165, 1.54) is 5.56 Å². The summed E-state index contributed by atoms with van der Waals surface area (Å²) in [5.41, 5.74) is 3.31. The minimum Gasteiger partial charge on any atom is -0.494 e. The fraction of sp³-hybridized carbons (Fsp3) is 0.406. The van der Waals surface area contributed by atoms with E-state index < -0.39 is 0 Å². The number of likely N-dealkylation sites (tertiary alicyclic amines) is 1. The van der Waals surface area contributed by atoms with Gasteiger partial charge >= 0.3 is 0 Å². The summed E-state index contributed by atoms with van der Waals surface area (Å²) in [5.74, 6) is 0.834. The van der Waals surface area contributed by atoms with Crippen molar-refractivity contribution < 1.29 is 9.47 Å². The van der Waals surface area contributed by atoms with E-state index in [4.69, 9.17) is 9.47 Å². The molecule has 1 fully saturated rings. The number of aromatic nitrogens is 3. The van der Waals surface area contributed by atoms with Crippen molar-refractivity contribution in [1.82, 2.24) is 24.3 Å².